The summed E-state index contributed by atoms with van der Waals surface area (Å²) in [5.41, 5.74) is 6.58. The lowest BCUT2D eigenvalue weighted by molar-refractivity contribution is 0.0940. The van der Waals surface area contributed by atoms with E-state index in [4.69, 9.17) is 15.2 Å². The van der Waals surface area contributed by atoms with Crippen LogP contribution in [0.2, 0.25) is 0 Å². The number of thiazole rings is 1. The molecule has 21 heavy (non-hydrogen) atoms. The van der Waals surface area contributed by atoms with Crippen molar-refractivity contribution in [3.63, 3.8) is 0 Å². The predicted octanol–water partition coefficient (Wildman–Crippen LogP) is 2.23. The van der Waals surface area contributed by atoms with Crippen LogP contribution in [0, 0.1) is 0 Å². The number of carbonyl (C=O) groups excluding carboxylic acids is 1. The van der Waals surface area contributed by atoms with E-state index in [-0.39, 0.29) is 11.9 Å². The Morgan fingerprint density at radius 3 is 2.57 bits per heavy atom. The number of anilines is 1. The van der Waals surface area contributed by atoms with E-state index in [0.717, 1.165) is 5.01 Å². The average Bonchev–Trinajstić information content (AvgIpc) is 3.00. The first kappa shape index (κ1) is 15.1. The summed E-state index contributed by atoms with van der Waals surface area (Å²) in [6, 6.07) is 2.95. The van der Waals surface area contributed by atoms with Gasteiger partial charge in [0, 0.05) is 23.3 Å². The van der Waals surface area contributed by atoms with Crippen molar-refractivity contribution in [3.05, 3.63) is 34.3 Å². The summed E-state index contributed by atoms with van der Waals surface area (Å²) < 4.78 is 10.3. The minimum atomic E-state index is -0.281. The zero-order valence-corrected chi connectivity index (χ0v) is 12.9. The molecule has 0 radical (unpaired) electrons. The van der Waals surface area contributed by atoms with E-state index in [1.165, 1.54) is 25.6 Å². The molecule has 3 N–H and O–H groups in total. The molecule has 7 heteroatoms. The summed E-state index contributed by atoms with van der Waals surface area (Å²) in [6.07, 6.45) is 1.70. The number of benzene rings is 1. The second-order valence-corrected chi connectivity index (χ2v) is 5.29. The van der Waals surface area contributed by atoms with Crippen molar-refractivity contribution >= 4 is 22.9 Å². The Morgan fingerprint density at radius 2 is 2.00 bits per heavy atom. The number of amides is 1. The van der Waals surface area contributed by atoms with Gasteiger partial charge in [-0.15, -0.1) is 11.3 Å². The number of hydrogen-bond acceptors (Lipinski definition) is 6. The highest BCUT2D eigenvalue weighted by molar-refractivity contribution is 7.09. The van der Waals surface area contributed by atoms with Gasteiger partial charge in [0.15, 0.2) is 11.5 Å². The molecule has 0 saturated heterocycles. The van der Waals surface area contributed by atoms with E-state index < -0.39 is 0 Å². The second-order valence-electron chi connectivity index (χ2n) is 4.36. The second kappa shape index (κ2) is 6.45. The lowest BCUT2D eigenvalue weighted by Crippen LogP contribution is -2.27. The molecule has 1 unspecified atom stereocenters. The molecule has 2 aromatic rings. The number of carbonyl (C=O) groups is 1. The van der Waals surface area contributed by atoms with Gasteiger partial charge in [0.1, 0.15) is 5.01 Å². The zero-order valence-electron chi connectivity index (χ0n) is 12.0. The van der Waals surface area contributed by atoms with Crippen molar-refractivity contribution in [1.29, 1.82) is 0 Å². The summed E-state index contributed by atoms with van der Waals surface area (Å²) in [6.45, 7) is 1.87. The molecule has 0 fully saturated rings. The maximum absolute atomic E-state index is 12.3. The summed E-state index contributed by atoms with van der Waals surface area (Å²) in [5, 5.41) is 5.56. The van der Waals surface area contributed by atoms with Gasteiger partial charge < -0.3 is 20.5 Å². The number of rotatable bonds is 5. The number of nitrogens with one attached hydrogen (secondary N) is 1. The van der Waals surface area contributed by atoms with E-state index in [1.54, 1.807) is 18.3 Å². The molecule has 6 nitrogen and oxygen atoms in total. The van der Waals surface area contributed by atoms with Crippen LogP contribution in [0.15, 0.2) is 23.7 Å². The third-order valence-electron chi connectivity index (χ3n) is 2.97. The molecule has 1 amide bonds. The first-order valence-electron chi connectivity index (χ1n) is 6.28. The van der Waals surface area contributed by atoms with E-state index >= 15 is 0 Å². The van der Waals surface area contributed by atoms with Crippen LogP contribution in [-0.2, 0) is 0 Å². The highest BCUT2D eigenvalue weighted by atomic mass is 32.1. The molecule has 0 aliphatic heterocycles. The van der Waals surface area contributed by atoms with E-state index in [9.17, 15) is 4.79 Å². The van der Waals surface area contributed by atoms with Gasteiger partial charge in [-0.1, -0.05) is 0 Å². The van der Waals surface area contributed by atoms with Crippen molar-refractivity contribution in [2.45, 2.75) is 13.0 Å². The third-order valence-corrected chi connectivity index (χ3v) is 3.93. The molecule has 1 aromatic heterocycles. The number of methoxy groups -OCH3 is 2. The number of hydrogen-bond donors (Lipinski definition) is 2. The Bertz CT molecular complexity index is 629. The smallest absolute Gasteiger partial charge is 0.254 e. The van der Waals surface area contributed by atoms with Gasteiger partial charge in [-0.25, -0.2) is 4.98 Å². The van der Waals surface area contributed by atoms with E-state index in [1.807, 2.05) is 12.3 Å². The monoisotopic (exact) mass is 307 g/mol. The standard InChI is InChI=1S/C14H17N3O3S/c1-8(14-16-4-5-21-14)17-13(18)9-6-11(19-2)12(20-3)7-10(9)15/h4-8H,15H2,1-3H3,(H,17,18). The molecule has 1 aromatic carbocycles. The van der Waals surface area contributed by atoms with Crippen LogP contribution in [0.3, 0.4) is 0 Å². The molecule has 0 bridgehead atoms. The Labute approximate surface area is 126 Å². The molecule has 1 heterocycles. The van der Waals surface area contributed by atoms with Crippen molar-refractivity contribution < 1.29 is 14.3 Å². The lowest BCUT2D eigenvalue weighted by atomic mass is 10.1. The summed E-state index contributed by atoms with van der Waals surface area (Å²) in [7, 11) is 3.02. The van der Waals surface area contributed by atoms with E-state index in [2.05, 4.69) is 10.3 Å². The van der Waals surface area contributed by atoms with Crippen LogP contribution in [0.4, 0.5) is 5.69 Å². The SMILES string of the molecule is COc1cc(N)c(C(=O)NC(C)c2nccs2)cc1OC. The van der Waals surface area contributed by atoms with Crippen LogP contribution in [0.25, 0.3) is 0 Å². The Kier molecular flexibility index (Phi) is 4.64. The van der Waals surface area contributed by atoms with Crippen LogP contribution in [-0.4, -0.2) is 25.1 Å². The van der Waals surface area contributed by atoms with Gasteiger partial charge in [0.25, 0.3) is 5.91 Å². The Balaban J connectivity index is 2.23. The van der Waals surface area contributed by atoms with Gasteiger partial charge in [-0.3, -0.25) is 4.79 Å². The molecule has 0 saturated carbocycles. The van der Waals surface area contributed by atoms with E-state index in [0.29, 0.717) is 22.7 Å². The zero-order chi connectivity index (χ0) is 15.4. The van der Waals surface area contributed by atoms with Crippen LogP contribution in [0.5, 0.6) is 11.5 Å². The fourth-order valence-corrected chi connectivity index (χ4v) is 2.52. The highest BCUT2D eigenvalue weighted by Gasteiger charge is 2.18. The predicted molar refractivity (Wildman–Crippen MR) is 82.0 cm³/mol. The van der Waals surface area contributed by atoms with Crippen molar-refractivity contribution in [2.75, 3.05) is 20.0 Å². The number of nitrogens with zero attached hydrogens (tertiary/aromatic N) is 1. The fraction of sp³-hybridized carbons (Fsp3) is 0.286. The molecule has 2 rings (SSSR count). The minimum Gasteiger partial charge on any atom is -0.493 e. The van der Waals surface area contributed by atoms with Crippen LogP contribution < -0.4 is 20.5 Å². The first-order valence-corrected chi connectivity index (χ1v) is 7.16. The summed E-state index contributed by atoms with van der Waals surface area (Å²) >= 11 is 1.48. The number of nitrogen functional groups attached to an aromatic ring is 1. The maximum atomic E-state index is 12.3. The van der Waals surface area contributed by atoms with Gasteiger partial charge in [0.2, 0.25) is 0 Å². The van der Waals surface area contributed by atoms with Crippen molar-refractivity contribution in [1.82, 2.24) is 10.3 Å². The summed E-state index contributed by atoms with van der Waals surface area (Å²) in [4.78, 5) is 16.5. The van der Waals surface area contributed by atoms with Gasteiger partial charge >= 0.3 is 0 Å². The molecule has 1 atom stereocenters. The molecule has 0 aliphatic rings. The normalized spacial score (nSPS) is 11.8. The third kappa shape index (κ3) is 3.25. The van der Waals surface area contributed by atoms with Crippen molar-refractivity contribution in [2.24, 2.45) is 0 Å². The molecular formula is C14H17N3O3S. The van der Waals surface area contributed by atoms with Crippen LogP contribution >= 0.6 is 11.3 Å². The molecule has 0 aliphatic carbocycles. The Hall–Kier alpha value is -2.28. The number of aromatic nitrogens is 1. The molecular weight excluding hydrogens is 290 g/mol. The molecule has 112 valence electrons. The van der Waals surface area contributed by atoms with Crippen LogP contribution in [0.1, 0.15) is 28.3 Å². The summed E-state index contributed by atoms with van der Waals surface area (Å²) in [5.74, 6) is 0.662. The highest BCUT2D eigenvalue weighted by Crippen LogP contribution is 2.32. The number of nitrogens with two attached hydrogens (primary N) is 1. The quantitative estimate of drug-likeness (QED) is 0.827. The fourth-order valence-electron chi connectivity index (χ4n) is 1.88. The average molecular weight is 307 g/mol. The van der Waals surface area contributed by atoms with Gasteiger partial charge in [-0.05, 0) is 13.0 Å². The number of ether oxygens (including phenoxy) is 2. The molecule has 0 spiro atoms. The maximum Gasteiger partial charge on any atom is 0.254 e. The van der Waals surface area contributed by atoms with Crippen molar-refractivity contribution in [3.8, 4) is 11.5 Å². The first-order chi connectivity index (χ1) is 10.1. The largest absolute Gasteiger partial charge is 0.493 e. The van der Waals surface area contributed by atoms with Gasteiger partial charge in [-0.2, -0.15) is 0 Å². The lowest BCUT2D eigenvalue weighted by Gasteiger charge is -2.15. The Morgan fingerprint density at radius 1 is 1.33 bits per heavy atom. The minimum absolute atomic E-state index is 0.190. The topological polar surface area (TPSA) is 86.5 Å². The van der Waals surface area contributed by atoms with Gasteiger partial charge in [0.05, 0.1) is 25.8 Å².